The van der Waals surface area contributed by atoms with E-state index < -0.39 is 23.5 Å². The molecule has 0 spiro atoms. The fourth-order valence-electron chi connectivity index (χ4n) is 2.43. The summed E-state index contributed by atoms with van der Waals surface area (Å²) in [5.41, 5.74) is -1.14. The lowest BCUT2D eigenvalue weighted by atomic mass is 10.1. The third-order valence-corrected chi connectivity index (χ3v) is 4.17. The van der Waals surface area contributed by atoms with Crippen molar-refractivity contribution in [1.82, 2.24) is 5.32 Å². The molecule has 9 heteroatoms. The van der Waals surface area contributed by atoms with E-state index in [1.807, 2.05) is 0 Å². The zero-order valence-electron chi connectivity index (χ0n) is 12.8. The summed E-state index contributed by atoms with van der Waals surface area (Å²) in [5.74, 6) is -1.46. The third-order valence-electron chi connectivity index (χ3n) is 3.58. The van der Waals surface area contributed by atoms with Crippen molar-refractivity contribution in [2.75, 3.05) is 4.90 Å². The van der Waals surface area contributed by atoms with Gasteiger partial charge in [0.1, 0.15) is 11.5 Å². The second kappa shape index (κ2) is 6.69. The first-order chi connectivity index (χ1) is 12.2. The molecule has 1 N–H and O–H groups in total. The van der Waals surface area contributed by atoms with Gasteiger partial charge in [0.15, 0.2) is 5.11 Å². The summed E-state index contributed by atoms with van der Waals surface area (Å²) in [6, 6.07) is 8.47. The highest BCUT2D eigenvalue weighted by Crippen LogP contribution is 2.37. The van der Waals surface area contributed by atoms with Gasteiger partial charge in [-0.15, -0.1) is 0 Å². The van der Waals surface area contributed by atoms with Crippen LogP contribution in [-0.4, -0.2) is 11.0 Å². The quantitative estimate of drug-likeness (QED) is 0.448. The van der Waals surface area contributed by atoms with Gasteiger partial charge in [0.25, 0.3) is 5.91 Å². The van der Waals surface area contributed by atoms with E-state index >= 15 is 0 Å². The van der Waals surface area contributed by atoms with Crippen LogP contribution >= 0.6 is 23.8 Å². The van der Waals surface area contributed by atoms with Gasteiger partial charge in [-0.3, -0.25) is 9.69 Å². The van der Waals surface area contributed by atoms with E-state index in [2.05, 4.69) is 5.32 Å². The Labute approximate surface area is 155 Å². The molecule has 1 heterocycles. The molecule has 134 valence electrons. The van der Waals surface area contributed by atoms with Gasteiger partial charge in [0.2, 0.25) is 0 Å². The number of anilines is 1. The van der Waals surface area contributed by atoms with Gasteiger partial charge in [-0.05, 0) is 48.1 Å². The number of hydrogen-bond donors (Lipinski definition) is 1. The number of benzene rings is 2. The number of thiocarbonyl (C=S) groups is 1. The van der Waals surface area contributed by atoms with Crippen LogP contribution in [0.3, 0.4) is 0 Å². The minimum Gasteiger partial charge on any atom is -0.327 e. The summed E-state index contributed by atoms with van der Waals surface area (Å²) < 4.78 is 53.2. The lowest BCUT2D eigenvalue weighted by Crippen LogP contribution is -2.32. The van der Waals surface area contributed by atoms with Crippen LogP contribution < -0.4 is 10.2 Å². The summed E-state index contributed by atoms with van der Waals surface area (Å²) in [6.45, 7) is 0. The molecule has 1 saturated heterocycles. The molecule has 1 aliphatic rings. The zero-order valence-corrected chi connectivity index (χ0v) is 14.3. The van der Waals surface area contributed by atoms with Crippen LogP contribution in [-0.2, 0) is 11.0 Å². The summed E-state index contributed by atoms with van der Waals surface area (Å²) >= 11 is 10.6. The highest BCUT2D eigenvalue weighted by molar-refractivity contribution is 7.80. The summed E-state index contributed by atoms with van der Waals surface area (Å²) in [7, 11) is 0. The molecule has 1 amide bonds. The molecule has 0 bridgehead atoms. The van der Waals surface area contributed by atoms with Crippen molar-refractivity contribution >= 4 is 46.6 Å². The third kappa shape index (κ3) is 3.42. The van der Waals surface area contributed by atoms with E-state index in [9.17, 15) is 22.4 Å². The van der Waals surface area contributed by atoms with Crippen molar-refractivity contribution in [3.8, 4) is 0 Å². The van der Waals surface area contributed by atoms with Crippen molar-refractivity contribution in [2.45, 2.75) is 6.18 Å². The number of carbonyl (C=O) groups is 1. The Hall–Kier alpha value is -2.45. The fraction of sp³-hybridized carbons (Fsp3) is 0.0588. The Morgan fingerprint density at radius 2 is 1.85 bits per heavy atom. The first kappa shape index (κ1) is 18.3. The zero-order chi connectivity index (χ0) is 19.1. The molecule has 3 rings (SSSR count). The van der Waals surface area contributed by atoms with Gasteiger partial charge >= 0.3 is 6.18 Å². The Kier molecular flexibility index (Phi) is 4.72. The Morgan fingerprint density at radius 3 is 2.50 bits per heavy atom. The van der Waals surface area contributed by atoms with Crippen LogP contribution in [0.5, 0.6) is 0 Å². The van der Waals surface area contributed by atoms with Crippen LogP contribution in [0.25, 0.3) is 6.08 Å². The molecule has 26 heavy (non-hydrogen) atoms. The molecule has 0 unspecified atom stereocenters. The maximum atomic E-state index is 13.5. The van der Waals surface area contributed by atoms with Crippen LogP contribution in [0.2, 0.25) is 5.02 Å². The maximum absolute atomic E-state index is 13.5. The van der Waals surface area contributed by atoms with Crippen molar-refractivity contribution in [2.24, 2.45) is 0 Å². The average Bonchev–Trinajstić information content (AvgIpc) is 2.84. The molecule has 0 aliphatic carbocycles. The highest BCUT2D eigenvalue weighted by atomic mass is 35.5. The summed E-state index contributed by atoms with van der Waals surface area (Å²) in [4.78, 5) is 13.3. The SMILES string of the molecule is O=C1C(=Cc2ccc(Cl)c(F)c2)NC(=S)N1c1ccccc1C(F)(F)F. The van der Waals surface area contributed by atoms with Crippen LogP contribution in [0.1, 0.15) is 11.1 Å². The number of rotatable bonds is 2. The number of nitrogens with one attached hydrogen (secondary N) is 1. The van der Waals surface area contributed by atoms with Crippen LogP contribution in [0, 0.1) is 5.82 Å². The summed E-state index contributed by atoms with van der Waals surface area (Å²) in [6.07, 6.45) is -3.37. The van der Waals surface area contributed by atoms with E-state index in [0.29, 0.717) is 5.56 Å². The number of hydrogen-bond acceptors (Lipinski definition) is 2. The minimum atomic E-state index is -4.65. The van der Waals surface area contributed by atoms with E-state index in [4.69, 9.17) is 23.8 Å². The molecule has 0 atom stereocenters. The van der Waals surface area contributed by atoms with Gasteiger partial charge in [-0.1, -0.05) is 29.8 Å². The van der Waals surface area contributed by atoms with Crippen molar-refractivity contribution in [1.29, 1.82) is 0 Å². The fourth-order valence-corrected chi connectivity index (χ4v) is 2.84. The largest absolute Gasteiger partial charge is 0.418 e. The number of amides is 1. The van der Waals surface area contributed by atoms with E-state index in [1.54, 1.807) is 0 Å². The van der Waals surface area contributed by atoms with Crippen molar-refractivity contribution in [3.63, 3.8) is 0 Å². The van der Waals surface area contributed by atoms with Gasteiger partial charge in [0, 0.05) is 0 Å². The average molecular weight is 401 g/mol. The van der Waals surface area contributed by atoms with Crippen LogP contribution in [0.15, 0.2) is 48.2 Å². The van der Waals surface area contributed by atoms with E-state index in [1.165, 1.54) is 30.3 Å². The highest BCUT2D eigenvalue weighted by Gasteiger charge is 2.40. The predicted octanol–water partition coefficient (Wildman–Crippen LogP) is 4.76. The maximum Gasteiger partial charge on any atom is 0.418 e. The molecule has 3 nitrogen and oxygen atoms in total. The van der Waals surface area contributed by atoms with Crippen molar-refractivity contribution in [3.05, 3.63) is 70.1 Å². The van der Waals surface area contributed by atoms with Crippen molar-refractivity contribution < 1.29 is 22.4 Å². The standard InChI is InChI=1S/C17H9ClF4N2OS/c18-11-6-5-9(7-12(11)19)8-13-15(25)24(16(26)23-13)14-4-2-1-3-10(14)17(20,21)22/h1-8H,(H,23,26). The predicted molar refractivity (Wildman–Crippen MR) is 94.1 cm³/mol. The molecule has 0 aromatic heterocycles. The van der Waals surface area contributed by atoms with E-state index in [-0.39, 0.29) is 21.5 Å². The first-order valence-electron chi connectivity index (χ1n) is 7.17. The number of para-hydroxylation sites is 1. The first-order valence-corrected chi connectivity index (χ1v) is 7.95. The number of halogens is 5. The lowest BCUT2D eigenvalue weighted by molar-refractivity contribution is -0.137. The van der Waals surface area contributed by atoms with E-state index in [0.717, 1.165) is 23.1 Å². The molecule has 1 fully saturated rings. The molecule has 0 saturated carbocycles. The molecule has 2 aromatic carbocycles. The van der Waals surface area contributed by atoms with Gasteiger partial charge < -0.3 is 5.32 Å². The second-order valence-electron chi connectivity index (χ2n) is 5.32. The Bertz CT molecular complexity index is 943. The van der Waals surface area contributed by atoms with Gasteiger partial charge in [-0.2, -0.15) is 13.2 Å². The Balaban J connectivity index is 2.00. The lowest BCUT2D eigenvalue weighted by Gasteiger charge is -2.19. The number of carbonyl (C=O) groups excluding carboxylic acids is 1. The van der Waals surface area contributed by atoms with Gasteiger partial charge in [-0.25, -0.2) is 4.39 Å². The summed E-state index contributed by atoms with van der Waals surface area (Å²) in [5, 5.41) is 2.27. The molecular formula is C17H9ClF4N2OS. The normalized spacial score (nSPS) is 16.3. The topological polar surface area (TPSA) is 32.3 Å². The smallest absolute Gasteiger partial charge is 0.327 e. The Morgan fingerprint density at radius 1 is 1.15 bits per heavy atom. The number of nitrogens with zero attached hydrogens (tertiary/aromatic N) is 1. The minimum absolute atomic E-state index is 0.0753. The van der Waals surface area contributed by atoms with Gasteiger partial charge in [0.05, 0.1) is 16.3 Å². The monoisotopic (exact) mass is 400 g/mol. The molecular weight excluding hydrogens is 392 g/mol. The molecule has 0 radical (unpaired) electrons. The second-order valence-corrected chi connectivity index (χ2v) is 6.11. The number of alkyl halides is 3. The molecule has 2 aromatic rings. The van der Waals surface area contributed by atoms with Crippen LogP contribution in [0.4, 0.5) is 23.2 Å². The molecule has 1 aliphatic heterocycles.